The maximum absolute atomic E-state index is 8.89. The van der Waals surface area contributed by atoms with Gasteiger partial charge >= 0.3 is 0 Å². The minimum Gasteiger partial charge on any atom is -0.388 e. The van der Waals surface area contributed by atoms with E-state index in [2.05, 4.69) is 24.0 Å². The van der Waals surface area contributed by atoms with Crippen molar-refractivity contribution in [1.82, 2.24) is 10.1 Å². The highest BCUT2D eigenvalue weighted by Crippen LogP contribution is 2.45. The van der Waals surface area contributed by atoms with Crippen LogP contribution in [0.25, 0.3) is 0 Å². The Morgan fingerprint density at radius 3 is 2.87 bits per heavy atom. The molecule has 1 heterocycles. The van der Waals surface area contributed by atoms with Crippen LogP contribution < -0.4 is 0 Å². The van der Waals surface area contributed by atoms with Gasteiger partial charge in [-0.3, -0.25) is 0 Å². The van der Waals surface area contributed by atoms with E-state index < -0.39 is 0 Å². The van der Waals surface area contributed by atoms with Gasteiger partial charge in [-0.15, -0.1) is 0 Å². The van der Waals surface area contributed by atoms with E-state index in [0.717, 1.165) is 6.42 Å². The lowest BCUT2D eigenvalue weighted by atomic mass is 9.69. The molecule has 84 valence electrons. The van der Waals surface area contributed by atoms with E-state index in [1.807, 2.05) is 0 Å². The summed E-state index contributed by atoms with van der Waals surface area (Å²) in [6.07, 6.45) is 4.82. The predicted molar refractivity (Wildman–Crippen MR) is 55.2 cm³/mol. The van der Waals surface area contributed by atoms with Gasteiger partial charge in [0.1, 0.15) is 6.61 Å². The van der Waals surface area contributed by atoms with E-state index in [9.17, 15) is 0 Å². The van der Waals surface area contributed by atoms with Gasteiger partial charge in [0.05, 0.1) is 0 Å². The number of hydrogen-bond acceptors (Lipinski definition) is 4. The molecular weight excluding hydrogens is 192 g/mol. The van der Waals surface area contributed by atoms with E-state index in [1.54, 1.807) is 0 Å². The van der Waals surface area contributed by atoms with Crippen LogP contribution in [0.15, 0.2) is 4.52 Å². The van der Waals surface area contributed by atoms with Gasteiger partial charge in [0, 0.05) is 5.92 Å². The molecule has 0 spiro atoms. The highest BCUT2D eigenvalue weighted by Gasteiger charge is 2.36. The number of aromatic nitrogens is 2. The second kappa shape index (κ2) is 3.93. The Bertz CT molecular complexity index is 333. The van der Waals surface area contributed by atoms with E-state index in [1.165, 1.54) is 19.3 Å². The molecule has 1 N–H and O–H groups in total. The lowest BCUT2D eigenvalue weighted by Crippen LogP contribution is -2.26. The summed E-state index contributed by atoms with van der Waals surface area (Å²) >= 11 is 0. The molecule has 4 heteroatoms. The van der Waals surface area contributed by atoms with E-state index >= 15 is 0 Å². The van der Waals surface area contributed by atoms with Crippen LogP contribution in [0.5, 0.6) is 0 Å². The molecule has 2 rings (SSSR count). The number of aliphatic hydroxyl groups excluding tert-OH is 1. The van der Waals surface area contributed by atoms with Crippen molar-refractivity contribution in [2.45, 2.75) is 52.1 Å². The molecule has 1 aromatic rings. The Labute approximate surface area is 89.7 Å². The lowest BCUT2D eigenvalue weighted by molar-refractivity contribution is 0.163. The third kappa shape index (κ3) is 2.04. The monoisotopic (exact) mass is 210 g/mol. The Hall–Kier alpha value is -0.900. The summed E-state index contributed by atoms with van der Waals surface area (Å²) in [7, 11) is 0. The first kappa shape index (κ1) is 10.6. The maximum atomic E-state index is 8.89. The molecule has 0 aromatic carbocycles. The second-order valence-corrected chi connectivity index (χ2v) is 4.99. The van der Waals surface area contributed by atoms with E-state index in [0.29, 0.717) is 17.6 Å². The van der Waals surface area contributed by atoms with Crippen molar-refractivity contribution in [1.29, 1.82) is 0 Å². The zero-order valence-electron chi connectivity index (χ0n) is 9.36. The Morgan fingerprint density at radius 1 is 1.47 bits per heavy atom. The molecule has 0 saturated heterocycles. The SMILES string of the molecule is CC1(C)CCCCC1c1nc(CO)no1. The summed E-state index contributed by atoms with van der Waals surface area (Å²) in [5.41, 5.74) is 0.234. The fourth-order valence-electron chi connectivity index (χ4n) is 2.43. The quantitative estimate of drug-likeness (QED) is 0.813. The lowest BCUT2D eigenvalue weighted by Gasteiger charge is -2.36. The number of aliphatic hydroxyl groups is 1. The van der Waals surface area contributed by atoms with Gasteiger partial charge in [-0.2, -0.15) is 4.98 Å². The summed E-state index contributed by atoms with van der Waals surface area (Å²) in [6.45, 7) is 4.36. The Morgan fingerprint density at radius 2 is 2.27 bits per heavy atom. The van der Waals surface area contributed by atoms with Crippen LogP contribution >= 0.6 is 0 Å². The van der Waals surface area contributed by atoms with Gasteiger partial charge in [-0.1, -0.05) is 31.8 Å². The fourth-order valence-corrected chi connectivity index (χ4v) is 2.43. The Kier molecular flexibility index (Phi) is 2.78. The van der Waals surface area contributed by atoms with Gasteiger partial charge in [0.2, 0.25) is 5.89 Å². The predicted octanol–water partition coefficient (Wildman–Crippen LogP) is 2.25. The van der Waals surface area contributed by atoms with E-state index in [4.69, 9.17) is 9.63 Å². The molecular formula is C11H18N2O2. The summed E-state index contributed by atoms with van der Waals surface area (Å²) in [6, 6.07) is 0. The van der Waals surface area contributed by atoms with Crippen molar-refractivity contribution in [2.75, 3.05) is 0 Å². The number of rotatable bonds is 2. The highest BCUT2D eigenvalue weighted by molar-refractivity contribution is 5.02. The molecule has 0 amide bonds. The smallest absolute Gasteiger partial charge is 0.230 e. The third-order valence-corrected chi connectivity index (χ3v) is 3.43. The van der Waals surface area contributed by atoms with Gasteiger partial charge in [0.15, 0.2) is 5.82 Å². The van der Waals surface area contributed by atoms with Crippen molar-refractivity contribution in [3.8, 4) is 0 Å². The van der Waals surface area contributed by atoms with Crippen molar-refractivity contribution in [2.24, 2.45) is 5.41 Å². The van der Waals surface area contributed by atoms with Crippen LogP contribution in [-0.4, -0.2) is 15.2 Å². The number of nitrogens with zero attached hydrogens (tertiary/aromatic N) is 2. The topological polar surface area (TPSA) is 59.2 Å². The molecule has 1 aliphatic rings. The van der Waals surface area contributed by atoms with Crippen LogP contribution in [0.2, 0.25) is 0 Å². The summed E-state index contributed by atoms with van der Waals surface area (Å²) < 4.78 is 5.21. The molecule has 1 unspecified atom stereocenters. The molecule has 4 nitrogen and oxygen atoms in total. The molecule has 1 aromatic heterocycles. The van der Waals surface area contributed by atoms with Crippen LogP contribution in [0.1, 0.15) is 57.2 Å². The minimum atomic E-state index is -0.142. The van der Waals surface area contributed by atoms with E-state index in [-0.39, 0.29) is 12.0 Å². The van der Waals surface area contributed by atoms with Crippen molar-refractivity contribution < 1.29 is 9.63 Å². The fraction of sp³-hybridized carbons (Fsp3) is 0.818. The first-order valence-electron chi connectivity index (χ1n) is 5.57. The molecule has 1 fully saturated rings. The number of hydrogen-bond donors (Lipinski definition) is 1. The maximum Gasteiger partial charge on any atom is 0.230 e. The molecule has 1 aliphatic carbocycles. The van der Waals surface area contributed by atoms with Gasteiger partial charge in [0.25, 0.3) is 0 Å². The van der Waals surface area contributed by atoms with Crippen LogP contribution in [-0.2, 0) is 6.61 Å². The van der Waals surface area contributed by atoms with Crippen LogP contribution in [0.4, 0.5) is 0 Å². The largest absolute Gasteiger partial charge is 0.388 e. The summed E-state index contributed by atoms with van der Waals surface area (Å²) in [4.78, 5) is 4.22. The average molecular weight is 210 g/mol. The zero-order valence-corrected chi connectivity index (χ0v) is 9.36. The van der Waals surface area contributed by atoms with Crippen molar-refractivity contribution in [3.63, 3.8) is 0 Å². The summed E-state index contributed by atoms with van der Waals surface area (Å²) in [5, 5.41) is 12.6. The van der Waals surface area contributed by atoms with Gasteiger partial charge < -0.3 is 9.63 Å². The summed E-state index contributed by atoms with van der Waals surface area (Å²) in [5.74, 6) is 1.44. The minimum absolute atomic E-state index is 0.142. The highest BCUT2D eigenvalue weighted by atomic mass is 16.5. The second-order valence-electron chi connectivity index (χ2n) is 4.99. The van der Waals surface area contributed by atoms with Crippen molar-refractivity contribution in [3.05, 3.63) is 11.7 Å². The average Bonchev–Trinajstić information content (AvgIpc) is 2.65. The molecule has 1 atom stereocenters. The first-order valence-corrected chi connectivity index (χ1v) is 5.57. The molecule has 0 radical (unpaired) electrons. The van der Waals surface area contributed by atoms with Gasteiger partial charge in [-0.05, 0) is 18.3 Å². The normalized spacial score (nSPS) is 25.4. The molecule has 0 bridgehead atoms. The zero-order chi connectivity index (χ0) is 10.9. The molecule has 15 heavy (non-hydrogen) atoms. The molecule has 0 aliphatic heterocycles. The van der Waals surface area contributed by atoms with Gasteiger partial charge in [-0.25, -0.2) is 0 Å². The Balaban J connectivity index is 2.21. The standard InChI is InChI=1S/C11H18N2O2/c1-11(2)6-4-3-5-8(11)10-12-9(7-14)13-15-10/h8,14H,3-7H2,1-2H3. The molecule has 1 saturated carbocycles. The first-order chi connectivity index (χ1) is 7.13. The van der Waals surface area contributed by atoms with Crippen molar-refractivity contribution >= 4 is 0 Å². The third-order valence-electron chi connectivity index (χ3n) is 3.43. The van der Waals surface area contributed by atoms with Crippen LogP contribution in [0, 0.1) is 5.41 Å². The van der Waals surface area contributed by atoms with Crippen LogP contribution in [0.3, 0.4) is 0 Å².